The van der Waals surface area contributed by atoms with Crippen LogP contribution in [0.1, 0.15) is 16.1 Å². The number of hydrogen-bond donors (Lipinski definition) is 1. The minimum Gasteiger partial charge on any atom is -0.485 e. The van der Waals surface area contributed by atoms with Crippen LogP contribution in [0.2, 0.25) is 0 Å². The van der Waals surface area contributed by atoms with Crippen LogP contribution in [0.4, 0.5) is 5.69 Å². The van der Waals surface area contributed by atoms with Gasteiger partial charge in [0.2, 0.25) is 0 Å². The predicted octanol–water partition coefficient (Wildman–Crippen LogP) is 5.13. The van der Waals surface area contributed by atoms with Crippen LogP contribution < -0.4 is 10.1 Å². The molecule has 0 saturated carbocycles. The Morgan fingerprint density at radius 2 is 1.81 bits per heavy atom. The van der Waals surface area contributed by atoms with Crippen LogP contribution in [0.15, 0.2) is 77.6 Å². The molecule has 0 bridgehead atoms. The Balaban J connectivity index is 1.58. The smallest absolute Gasteiger partial charge is 0.256 e. The third-order valence-corrected chi connectivity index (χ3v) is 4.66. The molecule has 0 fully saturated rings. The van der Waals surface area contributed by atoms with Crippen molar-refractivity contribution in [2.45, 2.75) is 6.61 Å². The standard InChI is InChI=1S/C21H16N2O2S/c24-21(18-9-5-7-15-6-1-2-8-17(15)18)23-19-10-3-4-11-20(19)25-12-16-13-26-14-22-16/h1-11,13-14H,12H2,(H,23,24). The van der Waals surface area contributed by atoms with Gasteiger partial charge in [-0.05, 0) is 29.0 Å². The Labute approximate surface area is 155 Å². The zero-order valence-corrected chi connectivity index (χ0v) is 14.7. The first-order chi connectivity index (χ1) is 12.8. The van der Waals surface area contributed by atoms with Gasteiger partial charge in [0.05, 0.1) is 16.9 Å². The third kappa shape index (κ3) is 3.43. The molecular formula is C21H16N2O2S. The van der Waals surface area contributed by atoms with E-state index < -0.39 is 0 Å². The summed E-state index contributed by atoms with van der Waals surface area (Å²) in [5.41, 5.74) is 3.91. The van der Waals surface area contributed by atoms with E-state index in [9.17, 15) is 4.79 Å². The SMILES string of the molecule is O=C(Nc1ccccc1OCc1cscn1)c1cccc2ccccc12. The Morgan fingerprint density at radius 1 is 1.00 bits per heavy atom. The fourth-order valence-corrected chi connectivity index (χ4v) is 3.31. The van der Waals surface area contributed by atoms with Crippen molar-refractivity contribution in [1.29, 1.82) is 0 Å². The average molecular weight is 360 g/mol. The molecule has 5 heteroatoms. The van der Waals surface area contributed by atoms with Crippen LogP contribution in [0.3, 0.4) is 0 Å². The van der Waals surface area contributed by atoms with E-state index in [1.54, 1.807) is 5.51 Å². The Bertz CT molecular complexity index is 1040. The highest BCUT2D eigenvalue weighted by atomic mass is 32.1. The van der Waals surface area contributed by atoms with Crippen LogP contribution in [0.5, 0.6) is 5.75 Å². The molecule has 26 heavy (non-hydrogen) atoms. The molecule has 0 aliphatic heterocycles. The number of benzene rings is 3. The van der Waals surface area contributed by atoms with E-state index >= 15 is 0 Å². The second-order valence-corrected chi connectivity index (χ2v) is 6.46. The summed E-state index contributed by atoms with van der Waals surface area (Å²) in [6.07, 6.45) is 0. The molecule has 0 atom stereocenters. The maximum absolute atomic E-state index is 12.8. The van der Waals surface area contributed by atoms with Gasteiger partial charge >= 0.3 is 0 Å². The molecule has 0 radical (unpaired) electrons. The van der Waals surface area contributed by atoms with E-state index in [1.165, 1.54) is 11.3 Å². The second-order valence-electron chi connectivity index (χ2n) is 5.75. The molecule has 0 aliphatic carbocycles. The number of carbonyl (C=O) groups excluding carboxylic acids is 1. The van der Waals surface area contributed by atoms with Crippen molar-refractivity contribution in [2.75, 3.05) is 5.32 Å². The maximum Gasteiger partial charge on any atom is 0.256 e. The molecule has 0 aliphatic rings. The maximum atomic E-state index is 12.8. The second kappa shape index (κ2) is 7.37. The van der Waals surface area contributed by atoms with E-state index in [1.807, 2.05) is 72.1 Å². The summed E-state index contributed by atoms with van der Waals surface area (Å²) in [4.78, 5) is 17.0. The Morgan fingerprint density at radius 3 is 2.69 bits per heavy atom. The monoisotopic (exact) mass is 360 g/mol. The molecule has 128 valence electrons. The number of aromatic nitrogens is 1. The summed E-state index contributed by atoms with van der Waals surface area (Å²) < 4.78 is 5.84. The number of rotatable bonds is 5. The number of fused-ring (bicyclic) bond motifs is 1. The molecular weight excluding hydrogens is 344 g/mol. The number of hydrogen-bond acceptors (Lipinski definition) is 4. The predicted molar refractivity (Wildman–Crippen MR) is 105 cm³/mol. The van der Waals surface area contributed by atoms with Crippen molar-refractivity contribution >= 4 is 33.7 Å². The Hall–Kier alpha value is -3.18. The van der Waals surface area contributed by atoms with Crippen molar-refractivity contribution in [3.63, 3.8) is 0 Å². The number of anilines is 1. The third-order valence-electron chi connectivity index (χ3n) is 4.03. The fraction of sp³-hybridized carbons (Fsp3) is 0.0476. The van der Waals surface area contributed by atoms with Crippen LogP contribution in [-0.2, 0) is 6.61 Å². The van der Waals surface area contributed by atoms with Gasteiger partial charge in [0.1, 0.15) is 12.4 Å². The lowest BCUT2D eigenvalue weighted by atomic mass is 10.0. The van der Waals surface area contributed by atoms with E-state index in [4.69, 9.17) is 4.74 Å². The van der Waals surface area contributed by atoms with Gasteiger partial charge in [-0.25, -0.2) is 4.98 Å². The first-order valence-corrected chi connectivity index (χ1v) is 9.13. The number of carbonyl (C=O) groups is 1. The van der Waals surface area contributed by atoms with Gasteiger partial charge in [-0.1, -0.05) is 48.5 Å². The average Bonchev–Trinajstić information content (AvgIpc) is 3.20. The summed E-state index contributed by atoms with van der Waals surface area (Å²) in [6, 6.07) is 21.0. The van der Waals surface area contributed by atoms with Crippen molar-refractivity contribution in [3.8, 4) is 5.75 Å². The number of para-hydroxylation sites is 2. The molecule has 4 rings (SSSR count). The fourth-order valence-electron chi connectivity index (χ4n) is 2.77. The number of thiazole rings is 1. The highest BCUT2D eigenvalue weighted by Crippen LogP contribution is 2.26. The van der Waals surface area contributed by atoms with Gasteiger partial charge in [0.15, 0.2) is 0 Å². The number of nitrogens with zero attached hydrogens (tertiary/aromatic N) is 1. The quantitative estimate of drug-likeness (QED) is 0.537. The van der Waals surface area contributed by atoms with Gasteiger partial charge in [0, 0.05) is 10.9 Å². The molecule has 1 heterocycles. The van der Waals surface area contributed by atoms with Gasteiger partial charge in [-0.2, -0.15) is 0 Å². The lowest BCUT2D eigenvalue weighted by molar-refractivity contribution is 0.102. The van der Waals surface area contributed by atoms with Crippen LogP contribution >= 0.6 is 11.3 Å². The summed E-state index contributed by atoms with van der Waals surface area (Å²) in [7, 11) is 0. The lowest BCUT2D eigenvalue weighted by Crippen LogP contribution is -2.13. The van der Waals surface area contributed by atoms with Crippen LogP contribution in [0.25, 0.3) is 10.8 Å². The van der Waals surface area contributed by atoms with Crippen molar-refractivity contribution in [2.24, 2.45) is 0 Å². The number of nitrogens with one attached hydrogen (secondary N) is 1. The largest absolute Gasteiger partial charge is 0.485 e. The van der Waals surface area contributed by atoms with Gasteiger partial charge in [-0.3, -0.25) is 4.79 Å². The highest BCUT2D eigenvalue weighted by Gasteiger charge is 2.12. The first kappa shape index (κ1) is 16.3. The normalized spacial score (nSPS) is 10.6. The van der Waals surface area contributed by atoms with E-state index in [-0.39, 0.29) is 5.91 Å². The van der Waals surface area contributed by atoms with Crippen LogP contribution in [0, 0.1) is 0 Å². The molecule has 4 aromatic rings. The van der Waals surface area contributed by atoms with Crippen LogP contribution in [-0.4, -0.2) is 10.9 Å². The zero-order valence-electron chi connectivity index (χ0n) is 13.9. The summed E-state index contributed by atoms with van der Waals surface area (Å²) >= 11 is 1.53. The summed E-state index contributed by atoms with van der Waals surface area (Å²) in [5.74, 6) is 0.459. The van der Waals surface area contributed by atoms with E-state index in [0.29, 0.717) is 23.6 Å². The van der Waals surface area contributed by atoms with Crippen molar-refractivity contribution in [1.82, 2.24) is 4.98 Å². The molecule has 0 saturated heterocycles. The molecule has 3 aromatic carbocycles. The molecule has 1 amide bonds. The molecule has 4 nitrogen and oxygen atoms in total. The molecule has 1 aromatic heterocycles. The number of amides is 1. The van der Waals surface area contributed by atoms with Gasteiger partial charge < -0.3 is 10.1 Å². The van der Waals surface area contributed by atoms with Crippen molar-refractivity contribution < 1.29 is 9.53 Å². The van der Waals surface area contributed by atoms with Gasteiger partial charge in [0.25, 0.3) is 5.91 Å². The molecule has 0 unspecified atom stereocenters. The molecule has 1 N–H and O–H groups in total. The topological polar surface area (TPSA) is 51.2 Å². The van der Waals surface area contributed by atoms with E-state index in [2.05, 4.69) is 10.3 Å². The van der Waals surface area contributed by atoms with Crippen molar-refractivity contribution in [3.05, 3.63) is 88.9 Å². The zero-order chi connectivity index (χ0) is 17.8. The molecule has 0 spiro atoms. The summed E-state index contributed by atoms with van der Waals surface area (Å²) in [6.45, 7) is 0.366. The van der Waals surface area contributed by atoms with Gasteiger partial charge in [-0.15, -0.1) is 11.3 Å². The minimum absolute atomic E-state index is 0.161. The summed E-state index contributed by atoms with van der Waals surface area (Å²) in [5, 5.41) is 6.87. The Kier molecular flexibility index (Phi) is 4.62. The van der Waals surface area contributed by atoms with E-state index in [0.717, 1.165) is 16.5 Å². The first-order valence-electron chi connectivity index (χ1n) is 8.19. The minimum atomic E-state index is -0.161. The lowest BCUT2D eigenvalue weighted by Gasteiger charge is -2.13. The highest BCUT2D eigenvalue weighted by molar-refractivity contribution is 7.07. The number of ether oxygens (including phenoxy) is 1.